The average Bonchev–Trinajstić information content (AvgIpc) is 2.75. The van der Waals surface area contributed by atoms with E-state index >= 15 is 0 Å². The van der Waals surface area contributed by atoms with Gasteiger partial charge in [-0.05, 0) is 35.8 Å². The van der Waals surface area contributed by atoms with Crippen LogP contribution in [0.3, 0.4) is 0 Å². The fourth-order valence-electron chi connectivity index (χ4n) is 2.76. The third-order valence-corrected chi connectivity index (χ3v) is 4.33. The van der Waals surface area contributed by atoms with Crippen LogP contribution in [0.4, 0.5) is 5.69 Å². The van der Waals surface area contributed by atoms with Gasteiger partial charge in [-0.3, -0.25) is 14.9 Å². The van der Waals surface area contributed by atoms with Crippen LogP contribution >= 0.6 is 0 Å². The minimum absolute atomic E-state index is 0.0951. The second kappa shape index (κ2) is 9.69. The van der Waals surface area contributed by atoms with Crippen molar-refractivity contribution in [3.8, 4) is 5.75 Å². The first kappa shape index (κ1) is 22.4. The molecule has 2 aromatic carbocycles. The van der Waals surface area contributed by atoms with Crippen LogP contribution in [0.15, 0.2) is 63.8 Å². The number of carbonyl (C=O) groups excluding carboxylic acids is 2. The van der Waals surface area contributed by atoms with Crippen molar-refractivity contribution in [2.24, 2.45) is 5.92 Å². The van der Waals surface area contributed by atoms with Gasteiger partial charge in [-0.15, -0.1) is 0 Å². The number of fused-ring (bicyclic) bond motifs is 1. The van der Waals surface area contributed by atoms with Crippen LogP contribution in [0.5, 0.6) is 5.75 Å². The number of nitrogens with zero attached hydrogens (tertiary/aromatic N) is 1. The molecule has 0 aliphatic rings. The first-order valence-electron chi connectivity index (χ1n) is 9.73. The Kier molecular flexibility index (Phi) is 6.79. The molecule has 164 valence electrons. The first-order valence-corrected chi connectivity index (χ1v) is 9.73. The number of amides is 1. The Balaban J connectivity index is 1.74. The van der Waals surface area contributed by atoms with Gasteiger partial charge in [0.15, 0.2) is 0 Å². The number of carbonyl (C=O) groups is 2. The smallest absolute Gasteiger partial charge is 0.349 e. The normalized spacial score (nSPS) is 11.1. The second-order valence-corrected chi connectivity index (χ2v) is 7.36. The number of hydrogen-bond acceptors (Lipinski definition) is 7. The summed E-state index contributed by atoms with van der Waals surface area (Å²) in [5, 5.41) is 14.0. The molecule has 1 amide bonds. The van der Waals surface area contributed by atoms with Crippen LogP contribution in [0, 0.1) is 16.0 Å². The summed E-state index contributed by atoms with van der Waals surface area (Å²) in [5.41, 5.74) is -0.384. The lowest BCUT2D eigenvalue weighted by Crippen LogP contribution is -2.31. The molecule has 0 aliphatic carbocycles. The molecule has 0 atom stereocenters. The second-order valence-electron chi connectivity index (χ2n) is 7.36. The molecule has 0 saturated heterocycles. The van der Waals surface area contributed by atoms with Crippen LogP contribution in [0.1, 0.15) is 29.8 Å². The maximum absolute atomic E-state index is 12.2. The minimum atomic E-state index is -0.798. The van der Waals surface area contributed by atoms with Gasteiger partial charge in [-0.25, -0.2) is 9.59 Å². The SMILES string of the molecule is CC(C)CNC(=O)c1cc2ccc(OC(=O)/C=C/c3cccc([N+](=O)[O-])c3)cc2oc1=O. The maximum atomic E-state index is 12.2. The molecule has 0 radical (unpaired) electrons. The molecular weight excluding hydrogens is 416 g/mol. The summed E-state index contributed by atoms with van der Waals surface area (Å²) in [7, 11) is 0. The Bertz CT molecular complexity index is 1270. The van der Waals surface area contributed by atoms with E-state index in [0.717, 1.165) is 6.08 Å². The highest BCUT2D eigenvalue weighted by Gasteiger charge is 2.14. The largest absolute Gasteiger partial charge is 0.423 e. The van der Waals surface area contributed by atoms with Crippen LogP contribution in [-0.2, 0) is 4.79 Å². The van der Waals surface area contributed by atoms with Crippen LogP contribution in [0.2, 0.25) is 0 Å². The summed E-state index contributed by atoms with van der Waals surface area (Å²) >= 11 is 0. The Morgan fingerprint density at radius 3 is 2.69 bits per heavy atom. The number of nitro groups is 1. The number of ether oxygens (including phenoxy) is 1. The summed E-state index contributed by atoms with van der Waals surface area (Å²) in [6.45, 7) is 4.30. The van der Waals surface area contributed by atoms with Crippen molar-refractivity contribution < 1.29 is 23.7 Å². The molecule has 1 aromatic heterocycles. The van der Waals surface area contributed by atoms with Crippen molar-refractivity contribution in [2.45, 2.75) is 13.8 Å². The van der Waals surface area contributed by atoms with E-state index in [0.29, 0.717) is 17.5 Å². The molecule has 3 rings (SSSR count). The Hall–Kier alpha value is -4.27. The highest BCUT2D eigenvalue weighted by Crippen LogP contribution is 2.21. The number of non-ortho nitro benzene ring substituents is 1. The van der Waals surface area contributed by atoms with E-state index in [9.17, 15) is 24.5 Å². The van der Waals surface area contributed by atoms with Gasteiger partial charge in [0, 0.05) is 36.2 Å². The fraction of sp³-hybridized carbons (Fsp3) is 0.174. The maximum Gasteiger partial charge on any atom is 0.349 e. The zero-order valence-electron chi connectivity index (χ0n) is 17.4. The lowest BCUT2D eigenvalue weighted by atomic mass is 10.1. The van der Waals surface area contributed by atoms with E-state index in [4.69, 9.17) is 9.15 Å². The predicted molar refractivity (Wildman–Crippen MR) is 117 cm³/mol. The van der Waals surface area contributed by atoms with Gasteiger partial charge in [0.05, 0.1) is 4.92 Å². The molecule has 32 heavy (non-hydrogen) atoms. The van der Waals surface area contributed by atoms with E-state index in [2.05, 4.69) is 5.32 Å². The quantitative estimate of drug-likeness (QED) is 0.149. The average molecular weight is 436 g/mol. The van der Waals surface area contributed by atoms with Gasteiger partial charge in [0.2, 0.25) is 0 Å². The van der Waals surface area contributed by atoms with Crippen LogP contribution in [-0.4, -0.2) is 23.3 Å². The van der Waals surface area contributed by atoms with E-state index in [1.54, 1.807) is 12.1 Å². The van der Waals surface area contributed by atoms with Gasteiger partial charge in [-0.2, -0.15) is 0 Å². The molecule has 3 aromatic rings. The standard InChI is InChI=1S/C23H20N2O7/c1-14(2)13-24-22(27)19-11-16-7-8-18(12-20(16)32-23(19)28)31-21(26)9-6-15-4-3-5-17(10-15)25(29)30/h3-12,14H,13H2,1-2H3,(H,24,27)/b9-6+. The van der Waals surface area contributed by atoms with Gasteiger partial charge < -0.3 is 14.5 Å². The van der Waals surface area contributed by atoms with Crippen LogP contribution < -0.4 is 15.7 Å². The number of rotatable bonds is 7. The fourth-order valence-corrected chi connectivity index (χ4v) is 2.76. The van der Waals surface area contributed by atoms with E-state index in [1.807, 2.05) is 13.8 Å². The molecular formula is C23H20N2O7. The Labute approximate surface area is 182 Å². The zero-order valence-corrected chi connectivity index (χ0v) is 17.4. The number of benzene rings is 2. The van der Waals surface area contributed by atoms with Crippen molar-refractivity contribution in [1.29, 1.82) is 0 Å². The van der Waals surface area contributed by atoms with Gasteiger partial charge in [0.25, 0.3) is 11.6 Å². The van der Waals surface area contributed by atoms with E-state index in [1.165, 1.54) is 42.5 Å². The minimum Gasteiger partial charge on any atom is -0.423 e. The molecule has 0 spiro atoms. The molecule has 1 heterocycles. The zero-order chi connectivity index (χ0) is 23.3. The monoisotopic (exact) mass is 436 g/mol. The van der Waals surface area contributed by atoms with Crippen molar-refractivity contribution in [3.63, 3.8) is 0 Å². The lowest BCUT2D eigenvalue weighted by molar-refractivity contribution is -0.384. The van der Waals surface area contributed by atoms with Crippen LogP contribution in [0.25, 0.3) is 17.0 Å². The van der Waals surface area contributed by atoms with Crippen molar-refractivity contribution in [1.82, 2.24) is 5.32 Å². The number of hydrogen-bond donors (Lipinski definition) is 1. The topological polar surface area (TPSA) is 129 Å². The number of nitrogens with one attached hydrogen (secondary N) is 1. The van der Waals surface area contributed by atoms with Crippen molar-refractivity contribution in [3.05, 3.63) is 86.3 Å². The summed E-state index contributed by atoms with van der Waals surface area (Å²) in [6, 6.07) is 11.6. The molecule has 1 N–H and O–H groups in total. The summed E-state index contributed by atoms with van der Waals surface area (Å²) in [4.78, 5) is 46.8. The molecule has 9 nitrogen and oxygen atoms in total. The number of esters is 1. The predicted octanol–water partition coefficient (Wildman–Crippen LogP) is 3.71. The number of nitro benzene ring substituents is 1. The summed E-state index contributed by atoms with van der Waals surface area (Å²) in [6.07, 6.45) is 2.51. The summed E-state index contributed by atoms with van der Waals surface area (Å²) < 4.78 is 10.4. The van der Waals surface area contributed by atoms with Crippen molar-refractivity contribution >= 4 is 34.6 Å². The third-order valence-electron chi connectivity index (χ3n) is 4.33. The molecule has 0 saturated carbocycles. The van der Waals surface area contributed by atoms with Gasteiger partial charge in [0.1, 0.15) is 16.9 Å². The highest BCUT2D eigenvalue weighted by atomic mass is 16.6. The van der Waals surface area contributed by atoms with E-state index < -0.39 is 22.4 Å². The summed E-state index contributed by atoms with van der Waals surface area (Å²) in [5.74, 6) is -0.875. The molecule has 0 unspecified atom stereocenters. The molecule has 0 aliphatic heterocycles. The van der Waals surface area contributed by atoms with Gasteiger partial charge >= 0.3 is 11.6 Å². The third kappa shape index (κ3) is 5.66. The van der Waals surface area contributed by atoms with E-state index in [-0.39, 0.29) is 28.5 Å². The Morgan fingerprint density at radius 1 is 1.19 bits per heavy atom. The molecule has 0 fully saturated rings. The van der Waals surface area contributed by atoms with Gasteiger partial charge in [-0.1, -0.05) is 26.0 Å². The first-order chi connectivity index (χ1) is 15.2. The molecule has 9 heteroatoms. The highest BCUT2D eigenvalue weighted by molar-refractivity contribution is 5.97. The molecule has 0 bridgehead atoms. The van der Waals surface area contributed by atoms with Crippen molar-refractivity contribution in [2.75, 3.05) is 6.54 Å². The lowest BCUT2D eigenvalue weighted by Gasteiger charge is -2.08. The Morgan fingerprint density at radius 2 is 1.97 bits per heavy atom.